The van der Waals surface area contributed by atoms with Gasteiger partial charge < -0.3 is 10.6 Å². The minimum atomic E-state index is 0.770. The van der Waals surface area contributed by atoms with Crippen molar-refractivity contribution in [2.75, 3.05) is 20.6 Å². The third-order valence-electron chi connectivity index (χ3n) is 0.616. The molecule has 0 aliphatic rings. The van der Waals surface area contributed by atoms with Gasteiger partial charge in [0.05, 0.1) is 4.99 Å². The summed E-state index contributed by atoms with van der Waals surface area (Å²) in [6.07, 6.45) is 0. The lowest BCUT2D eigenvalue weighted by Crippen LogP contribution is -2.27. The van der Waals surface area contributed by atoms with Gasteiger partial charge in [-0.2, -0.15) is 0 Å². The molecule has 2 nitrogen and oxygen atoms in total. The van der Waals surface area contributed by atoms with Crippen LogP contribution in [0.3, 0.4) is 0 Å². The molecule has 0 heterocycles. The van der Waals surface area contributed by atoms with E-state index >= 15 is 0 Å². The van der Waals surface area contributed by atoms with E-state index < -0.39 is 0 Å². The predicted molar refractivity (Wildman–Crippen MR) is 35.6 cm³/mol. The van der Waals surface area contributed by atoms with Crippen LogP contribution in [-0.2, 0) is 0 Å². The van der Waals surface area contributed by atoms with E-state index in [1.54, 1.807) is 0 Å². The molecule has 0 saturated heterocycles. The second-order valence-electron chi connectivity index (χ2n) is 1.20. The molecule has 42 valence electrons. The van der Waals surface area contributed by atoms with Crippen LogP contribution in [0.2, 0.25) is 0 Å². The fourth-order valence-electron chi connectivity index (χ4n) is 0.249. The highest BCUT2D eigenvalue weighted by Gasteiger charge is 1.83. The topological polar surface area (TPSA) is 24.1 Å². The molecule has 0 aromatic carbocycles. The first-order chi connectivity index (χ1) is 3.31. The normalized spacial score (nSPS) is 8.29. The third kappa shape index (κ3) is 3.69. The van der Waals surface area contributed by atoms with Crippen molar-refractivity contribution in [3.63, 3.8) is 0 Å². The van der Waals surface area contributed by atoms with Crippen molar-refractivity contribution in [2.24, 2.45) is 0 Å². The quantitative estimate of drug-likeness (QED) is 0.489. The van der Waals surface area contributed by atoms with E-state index in [-0.39, 0.29) is 0 Å². The van der Waals surface area contributed by atoms with Crippen LogP contribution in [0.15, 0.2) is 0 Å². The second-order valence-corrected chi connectivity index (χ2v) is 1.70. The Morgan fingerprint density at radius 3 is 2.29 bits per heavy atom. The summed E-state index contributed by atoms with van der Waals surface area (Å²) in [5.74, 6) is 0. The summed E-state index contributed by atoms with van der Waals surface area (Å²) in [5.41, 5.74) is 0. The molecule has 0 aliphatic carbocycles. The fraction of sp³-hybridized carbons (Fsp3) is 0.750. The van der Waals surface area contributed by atoms with Crippen molar-refractivity contribution in [1.82, 2.24) is 10.6 Å². The number of rotatable bonds is 2. The second kappa shape index (κ2) is 4.02. The number of likely N-dealkylation sites (N-methyl/N-ethyl adjacent to an activating group) is 2. The van der Waals surface area contributed by atoms with E-state index in [0.717, 1.165) is 11.5 Å². The van der Waals surface area contributed by atoms with Crippen LogP contribution < -0.4 is 10.6 Å². The van der Waals surface area contributed by atoms with Crippen molar-refractivity contribution in [3.8, 4) is 0 Å². The number of hydrogen-bond donors (Lipinski definition) is 2. The van der Waals surface area contributed by atoms with Crippen molar-refractivity contribution >= 4 is 17.2 Å². The zero-order valence-corrected chi connectivity index (χ0v) is 5.43. The summed E-state index contributed by atoms with van der Waals surface area (Å²) < 4.78 is 0. The van der Waals surface area contributed by atoms with Crippen molar-refractivity contribution in [3.05, 3.63) is 0 Å². The standard InChI is InChI=1S/C4H10N2S/c1-5-3-4(7)6-2/h5H,3H2,1-2H3,(H,6,7). The van der Waals surface area contributed by atoms with E-state index in [9.17, 15) is 0 Å². The Labute approximate surface area is 49.3 Å². The Bertz CT molecular complexity index is 62.7. The van der Waals surface area contributed by atoms with Gasteiger partial charge in [-0.1, -0.05) is 12.2 Å². The molecule has 0 radical (unpaired) electrons. The van der Waals surface area contributed by atoms with E-state index in [4.69, 9.17) is 12.2 Å². The van der Waals surface area contributed by atoms with Gasteiger partial charge >= 0.3 is 0 Å². The molecule has 0 fully saturated rings. The van der Waals surface area contributed by atoms with Gasteiger partial charge in [-0.15, -0.1) is 0 Å². The predicted octanol–water partition coefficient (Wildman–Crippen LogP) is -0.247. The van der Waals surface area contributed by atoms with Gasteiger partial charge in [0.1, 0.15) is 0 Å². The Balaban J connectivity index is 3.00. The fourth-order valence-corrected chi connectivity index (χ4v) is 0.393. The zero-order valence-electron chi connectivity index (χ0n) is 4.62. The van der Waals surface area contributed by atoms with E-state index in [0.29, 0.717) is 0 Å². The van der Waals surface area contributed by atoms with Crippen LogP contribution in [0.1, 0.15) is 0 Å². The van der Waals surface area contributed by atoms with Crippen molar-refractivity contribution in [1.29, 1.82) is 0 Å². The summed E-state index contributed by atoms with van der Waals surface area (Å²) in [4.78, 5) is 0.850. The molecule has 7 heavy (non-hydrogen) atoms. The van der Waals surface area contributed by atoms with Crippen molar-refractivity contribution in [2.45, 2.75) is 0 Å². The molecule has 3 heteroatoms. The maximum atomic E-state index is 4.78. The van der Waals surface area contributed by atoms with Gasteiger partial charge in [0.2, 0.25) is 0 Å². The molecule has 0 aromatic rings. The summed E-state index contributed by atoms with van der Waals surface area (Å²) in [5, 5.41) is 5.75. The largest absolute Gasteiger partial charge is 0.382 e. The van der Waals surface area contributed by atoms with E-state index in [2.05, 4.69) is 10.6 Å². The van der Waals surface area contributed by atoms with Crippen LogP contribution in [-0.4, -0.2) is 25.6 Å². The van der Waals surface area contributed by atoms with E-state index in [1.165, 1.54) is 0 Å². The third-order valence-corrected chi connectivity index (χ3v) is 0.965. The number of hydrogen-bond acceptors (Lipinski definition) is 2. The van der Waals surface area contributed by atoms with Gasteiger partial charge in [-0.05, 0) is 7.05 Å². The van der Waals surface area contributed by atoms with Gasteiger partial charge in [-0.25, -0.2) is 0 Å². The average molecular weight is 118 g/mol. The van der Waals surface area contributed by atoms with Gasteiger partial charge in [0.25, 0.3) is 0 Å². The molecule has 0 bridgehead atoms. The first kappa shape index (κ1) is 6.85. The molecule has 2 N–H and O–H groups in total. The first-order valence-electron chi connectivity index (χ1n) is 2.16. The molecule has 0 spiro atoms. The molecular weight excluding hydrogens is 108 g/mol. The van der Waals surface area contributed by atoms with Crippen LogP contribution in [0.4, 0.5) is 0 Å². The molecule has 0 aromatic heterocycles. The van der Waals surface area contributed by atoms with Crippen LogP contribution >= 0.6 is 12.2 Å². The molecular formula is C4H10N2S. The zero-order chi connectivity index (χ0) is 5.70. The van der Waals surface area contributed by atoms with Gasteiger partial charge in [0.15, 0.2) is 0 Å². The Kier molecular flexibility index (Phi) is 3.93. The Hall–Kier alpha value is -0.150. The highest BCUT2D eigenvalue weighted by molar-refractivity contribution is 7.80. The molecule has 0 unspecified atom stereocenters. The molecule has 0 amide bonds. The van der Waals surface area contributed by atoms with E-state index in [1.807, 2.05) is 14.1 Å². The number of nitrogens with one attached hydrogen (secondary N) is 2. The maximum Gasteiger partial charge on any atom is 0.0891 e. The minimum Gasteiger partial charge on any atom is -0.382 e. The summed E-state index contributed by atoms with van der Waals surface area (Å²) in [6.45, 7) is 0.770. The minimum absolute atomic E-state index is 0.770. The first-order valence-corrected chi connectivity index (χ1v) is 2.57. The molecule has 0 atom stereocenters. The highest BCUT2D eigenvalue weighted by atomic mass is 32.1. The van der Waals surface area contributed by atoms with Crippen LogP contribution in [0.25, 0.3) is 0 Å². The Morgan fingerprint density at radius 1 is 1.57 bits per heavy atom. The van der Waals surface area contributed by atoms with Crippen LogP contribution in [0.5, 0.6) is 0 Å². The Morgan fingerprint density at radius 2 is 2.14 bits per heavy atom. The lowest BCUT2D eigenvalue weighted by molar-refractivity contribution is 0.929. The number of thiocarbonyl (C=S) groups is 1. The van der Waals surface area contributed by atoms with Gasteiger partial charge in [0, 0.05) is 13.6 Å². The molecule has 0 aliphatic heterocycles. The lowest BCUT2D eigenvalue weighted by Gasteiger charge is -1.97. The molecule has 0 rings (SSSR count). The van der Waals surface area contributed by atoms with Crippen LogP contribution in [0, 0.1) is 0 Å². The summed E-state index contributed by atoms with van der Waals surface area (Å²) in [6, 6.07) is 0. The van der Waals surface area contributed by atoms with Crippen molar-refractivity contribution < 1.29 is 0 Å². The summed E-state index contributed by atoms with van der Waals surface area (Å²) >= 11 is 4.78. The average Bonchev–Trinajstić information content (AvgIpc) is 1.68. The SMILES string of the molecule is CNCC(=S)NC. The van der Waals surface area contributed by atoms with Gasteiger partial charge in [-0.3, -0.25) is 0 Å². The monoisotopic (exact) mass is 118 g/mol. The smallest absolute Gasteiger partial charge is 0.0891 e. The molecule has 0 saturated carbocycles. The maximum absolute atomic E-state index is 4.78. The summed E-state index contributed by atoms with van der Waals surface area (Å²) in [7, 11) is 3.68. The lowest BCUT2D eigenvalue weighted by atomic mass is 10.6. The highest BCUT2D eigenvalue weighted by Crippen LogP contribution is 1.61.